The third-order valence-corrected chi connectivity index (χ3v) is 127. The Morgan fingerprint density at radius 1 is 0.256 bits per heavy atom. The van der Waals surface area contributed by atoms with E-state index in [1.165, 1.54) is 0 Å². The first-order chi connectivity index (χ1) is 36.7. The summed E-state index contributed by atoms with van der Waals surface area (Å²) in [5, 5.41) is 11.7. The Morgan fingerprint density at radius 3 is 0.667 bits per heavy atom. The molecule has 0 nitrogen and oxygen atoms in total. The van der Waals surface area contributed by atoms with Crippen molar-refractivity contribution in [2.75, 3.05) is 0 Å². The quantitative estimate of drug-likeness (QED) is 0.0753. The highest BCUT2D eigenvalue weighted by molar-refractivity contribution is 8.35. The molecule has 2 radical (unpaired) electrons. The van der Waals surface area contributed by atoms with Crippen LogP contribution in [-0.4, -0.2) is 43.7 Å². The highest BCUT2D eigenvalue weighted by Gasteiger charge is 2.87. The Kier molecular flexibility index (Phi) is 18.0. The van der Waals surface area contributed by atoms with Crippen molar-refractivity contribution in [3.8, 4) is 0 Å². The zero-order valence-electron chi connectivity index (χ0n) is 53.3. The van der Waals surface area contributed by atoms with Crippen LogP contribution >= 0.6 is 0 Å². The first-order valence-corrected chi connectivity index (χ1v) is 48.0. The maximum Gasteiger partial charge on any atom is 0.116 e. The molecule has 2 heterocycles. The monoisotopic (exact) mass is 1130 g/mol. The van der Waals surface area contributed by atoms with E-state index < -0.39 is 35.2 Å². The molecule has 0 aromatic heterocycles. The molecule has 1 unspecified atom stereocenters. The van der Waals surface area contributed by atoms with E-state index in [-0.39, 0.29) is 0 Å². The lowest BCUT2D eigenvalue weighted by atomic mass is 9.95. The molecule has 0 bridgehead atoms. The Labute approximate surface area is 484 Å². The largest absolute Gasteiger partial charge is 0.116 e. The zero-order chi connectivity index (χ0) is 57.4. The van der Waals surface area contributed by atoms with E-state index in [2.05, 4.69) is 275 Å². The van der Waals surface area contributed by atoms with Gasteiger partial charge in [-0.25, -0.2) is 0 Å². The van der Waals surface area contributed by atoms with E-state index in [0.717, 1.165) is 8.55 Å². The number of hydrogen-bond acceptors (Lipinski definition) is 0. The number of hydrogen-bond donors (Lipinski definition) is 0. The van der Waals surface area contributed by atoms with Gasteiger partial charge in [-0.2, -0.15) is 0 Å². The molecule has 2 aliphatic rings. The standard InChI is InChI=1S/C72H102Si6/c1-43(2)55-31-25-32-56(44(3)4)67(55)74-75-77(70-61(49(13)14)37-28-38-62(70)50(15)16,71-63(51(17)18)39-29-40-64(71)52(19)20)78(75,72-65(53(21)22)41-30-42-66(72)54(23)24)73-76(74,68-57(45(5)6)33-26-34-58(68)46(7)8)69-59(47(9)10)35-27-36-60(69)48(11)12/h25-54H,1-24H3. The van der Waals surface area contributed by atoms with Crippen LogP contribution in [0.1, 0.15) is 304 Å². The van der Waals surface area contributed by atoms with Crippen molar-refractivity contribution < 1.29 is 0 Å². The molecular formula is C72H102Si6. The molecule has 414 valence electrons. The molecule has 0 aliphatic carbocycles. The minimum atomic E-state index is -2.98. The van der Waals surface area contributed by atoms with Gasteiger partial charge in [-0.1, -0.05) is 301 Å². The predicted octanol–water partition coefficient (Wildman–Crippen LogP) is 16.4. The van der Waals surface area contributed by atoms with E-state index in [9.17, 15) is 0 Å². The molecule has 6 heteroatoms. The number of fused-ring (bicyclic) bond motifs is 1. The molecule has 0 N–H and O–H groups in total. The SMILES string of the molecule is CC(C)c1cccc(C(C)C)c1[Si]1=[Si]2[Si](c3c(C(C)C)cccc3C(C)C)([Si][Si]1(c1c(C(C)C)cccc1C(C)C)c1c(C(C)C)cccc1C(C)C)[Si]2(c1c(C(C)C)cccc1C(C)C)c1c(C(C)C)cccc1C(C)C. The summed E-state index contributed by atoms with van der Waals surface area (Å²) in [5.41, 5.74) is 20.3. The van der Waals surface area contributed by atoms with Crippen molar-refractivity contribution in [2.45, 2.75) is 237 Å². The molecule has 8 rings (SSSR count). The smallest absolute Gasteiger partial charge is 0.0617 e. The van der Waals surface area contributed by atoms with E-state index in [1.54, 1.807) is 66.8 Å². The Morgan fingerprint density at radius 2 is 0.449 bits per heavy atom. The van der Waals surface area contributed by atoms with Gasteiger partial charge >= 0.3 is 0 Å². The second-order valence-corrected chi connectivity index (χ2v) is 76.9. The first kappa shape index (κ1) is 60.7. The lowest BCUT2D eigenvalue weighted by molar-refractivity contribution is 0.840. The van der Waals surface area contributed by atoms with Crippen LogP contribution in [0.15, 0.2) is 109 Å². The molecule has 78 heavy (non-hydrogen) atoms. The maximum atomic E-state index is 2.70. The van der Waals surface area contributed by atoms with E-state index >= 15 is 0 Å². The Hall–Kier alpha value is -3.38. The Bertz CT molecular complexity index is 2930. The van der Waals surface area contributed by atoms with Crippen molar-refractivity contribution in [1.82, 2.24) is 0 Å². The van der Waals surface area contributed by atoms with Gasteiger partial charge in [0.2, 0.25) is 0 Å². The molecule has 6 aromatic carbocycles. The van der Waals surface area contributed by atoms with Crippen LogP contribution in [0.3, 0.4) is 0 Å². The second kappa shape index (κ2) is 23.1. The van der Waals surface area contributed by atoms with E-state index in [4.69, 9.17) is 0 Å². The van der Waals surface area contributed by atoms with Crippen molar-refractivity contribution in [3.05, 3.63) is 176 Å². The third-order valence-electron chi connectivity index (χ3n) is 18.6. The van der Waals surface area contributed by atoms with Crippen LogP contribution in [0, 0.1) is 0 Å². The fraction of sp³-hybridized carbons (Fsp3) is 0.500. The summed E-state index contributed by atoms with van der Waals surface area (Å²) < 4.78 is 0. The van der Waals surface area contributed by atoms with Gasteiger partial charge in [-0.05, 0) is 150 Å². The average molecular weight is 1140 g/mol. The normalized spacial score (nSPS) is 17.2. The number of benzene rings is 6. The molecule has 1 fully saturated rings. The van der Waals surface area contributed by atoms with Gasteiger partial charge in [0.1, 0.15) is 14.2 Å². The molecule has 0 amide bonds. The third kappa shape index (κ3) is 9.54. The molecule has 1 saturated heterocycles. The fourth-order valence-electron chi connectivity index (χ4n) is 15.2. The summed E-state index contributed by atoms with van der Waals surface area (Å²) in [4.78, 5) is 0. The zero-order valence-corrected chi connectivity index (χ0v) is 59.3. The molecule has 0 spiro atoms. The van der Waals surface area contributed by atoms with Crippen LogP contribution in [0.2, 0.25) is 0 Å². The van der Waals surface area contributed by atoms with Gasteiger partial charge in [0.25, 0.3) is 0 Å². The highest BCUT2D eigenvalue weighted by Crippen LogP contribution is 2.51. The highest BCUT2D eigenvalue weighted by atomic mass is 30.5. The lowest BCUT2D eigenvalue weighted by Gasteiger charge is -2.47. The molecular weight excluding hydrogens is 1030 g/mol. The summed E-state index contributed by atoms with van der Waals surface area (Å²) in [6.45, 7) is 57.7. The second-order valence-electron chi connectivity index (χ2n) is 27.9. The average Bonchev–Trinajstić information content (AvgIpc) is 3.82. The topological polar surface area (TPSA) is 0 Å². The maximum absolute atomic E-state index is 2.98. The molecule has 6 aromatic rings. The van der Waals surface area contributed by atoms with Gasteiger partial charge in [0.15, 0.2) is 0 Å². The van der Waals surface area contributed by atoms with Crippen LogP contribution in [0.5, 0.6) is 0 Å². The van der Waals surface area contributed by atoms with Gasteiger partial charge in [-0.3, -0.25) is 0 Å². The van der Waals surface area contributed by atoms with E-state index in [0.29, 0.717) is 71.0 Å². The summed E-state index contributed by atoms with van der Waals surface area (Å²) in [6.07, 6.45) is 0. The van der Waals surface area contributed by atoms with Gasteiger partial charge in [0, 0.05) is 16.0 Å². The lowest BCUT2D eigenvalue weighted by Crippen LogP contribution is -2.82. The van der Waals surface area contributed by atoms with Gasteiger partial charge in [0.05, 0.1) is 6.63 Å². The van der Waals surface area contributed by atoms with Crippen molar-refractivity contribution in [3.63, 3.8) is 0 Å². The van der Waals surface area contributed by atoms with Crippen molar-refractivity contribution >= 4 is 74.9 Å². The molecule has 1 atom stereocenters. The summed E-state index contributed by atoms with van der Waals surface area (Å²) in [6, 6.07) is 47.2. The van der Waals surface area contributed by atoms with E-state index in [1.807, 2.05) is 31.1 Å². The summed E-state index contributed by atoms with van der Waals surface area (Å²) in [7, 11) is -6.48. The van der Waals surface area contributed by atoms with Crippen LogP contribution in [0.4, 0.5) is 0 Å². The predicted molar refractivity (Wildman–Crippen MR) is 360 cm³/mol. The molecule has 2 aliphatic heterocycles. The molecule has 0 saturated carbocycles. The van der Waals surface area contributed by atoms with Gasteiger partial charge in [-0.15, -0.1) is 0 Å². The Balaban J connectivity index is 1.97. The van der Waals surface area contributed by atoms with Crippen LogP contribution < -0.4 is 31.1 Å². The van der Waals surface area contributed by atoms with Crippen LogP contribution in [0.25, 0.3) is 0 Å². The van der Waals surface area contributed by atoms with Gasteiger partial charge < -0.3 is 0 Å². The number of rotatable bonds is 18. The van der Waals surface area contributed by atoms with Crippen LogP contribution in [-0.2, 0) is 0 Å². The summed E-state index contributed by atoms with van der Waals surface area (Å²) in [5.74, 6) is 4.92. The minimum absolute atomic E-state index is 0.404. The van der Waals surface area contributed by atoms with Crippen molar-refractivity contribution in [1.29, 1.82) is 0 Å². The first-order valence-electron chi connectivity index (χ1n) is 31.0. The fourth-order valence-corrected chi connectivity index (χ4v) is 248. The van der Waals surface area contributed by atoms with Crippen molar-refractivity contribution in [2.24, 2.45) is 0 Å². The minimum Gasteiger partial charge on any atom is -0.0617 e. The summed E-state index contributed by atoms with van der Waals surface area (Å²) >= 11 is 0.